The minimum Gasteiger partial charge on any atom is -0.444 e. The first-order chi connectivity index (χ1) is 37.1. The first-order valence-corrected chi connectivity index (χ1v) is 27.7. The molecular weight excluding hydrogens is 1080 g/mol. The van der Waals surface area contributed by atoms with Gasteiger partial charge in [0.05, 0.1) is 15.7 Å². The fraction of sp³-hybridized carbons (Fsp3) is 0.536. The van der Waals surface area contributed by atoms with Crippen LogP contribution in [0, 0.1) is 17.8 Å². The van der Waals surface area contributed by atoms with Crippen LogP contribution in [0.1, 0.15) is 130 Å². The van der Waals surface area contributed by atoms with Crippen molar-refractivity contribution >= 4 is 76.6 Å². The number of aliphatic hydroxyl groups is 1. The van der Waals surface area contributed by atoms with Gasteiger partial charge in [-0.2, -0.15) is 0 Å². The van der Waals surface area contributed by atoms with Gasteiger partial charge in [0.15, 0.2) is 0 Å². The van der Waals surface area contributed by atoms with Crippen LogP contribution in [0.2, 0.25) is 15.1 Å². The highest BCUT2D eigenvalue weighted by Gasteiger charge is 2.39. The number of nitrogen functional groups attached to an aromatic ring is 1. The van der Waals surface area contributed by atoms with Gasteiger partial charge >= 0.3 is 24.4 Å². The van der Waals surface area contributed by atoms with E-state index in [-0.39, 0.29) is 35.9 Å². The van der Waals surface area contributed by atoms with Gasteiger partial charge in [0.2, 0.25) is 30.2 Å². The summed E-state index contributed by atoms with van der Waals surface area (Å²) >= 11 is 18.0. The zero-order valence-electron chi connectivity index (χ0n) is 46.6. The van der Waals surface area contributed by atoms with E-state index in [0.717, 1.165) is 62.1 Å². The van der Waals surface area contributed by atoms with Gasteiger partial charge in [-0.1, -0.05) is 55.0 Å². The van der Waals surface area contributed by atoms with Crippen LogP contribution in [0.4, 0.5) is 30.7 Å². The van der Waals surface area contributed by atoms with Crippen molar-refractivity contribution in [2.24, 2.45) is 17.8 Å². The second-order valence-corrected chi connectivity index (χ2v) is 24.3. The normalized spacial score (nSPS) is 17.9. The molecule has 23 heteroatoms. The second kappa shape index (κ2) is 27.3. The molecule has 20 nitrogen and oxygen atoms in total. The minimum atomic E-state index is -0.876. The number of piperidine rings is 3. The predicted octanol–water partition coefficient (Wildman–Crippen LogP) is 9.96. The molecule has 6 N–H and O–H groups in total. The van der Waals surface area contributed by atoms with Gasteiger partial charge in [0.1, 0.15) is 34.8 Å². The molecule has 3 saturated heterocycles. The van der Waals surface area contributed by atoms with E-state index >= 15 is 0 Å². The van der Waals surface area contributed by atoms with E-state index in [9.17, 15) is 29.1 Å². The number of nitrogens with one attached hydrogen (secondary N) is 3. The Hall–Kier alpha value is -6.19. The first-order valence-electron chi connectivity index (χ1n) is 26.6. The number of carbonyl (C=O) groups is 5. The van der Waals surface area contributed by atoms with E-state index in [1.165, 1.54) is 9.35 Å². The molecule has 79 heavy (non-hydrogen) atoms. The summed E-state index contributed by atoms with van der Waals surface area (Å²) in [6.45, 7) is 21.2. The number of carbonyl (C=O) groups excluding carboxylic acids is 5. The molecule has 2 unspecified atom stereocenters. The van der Waals surface area contributed by atoms with Crippen molar-refractivity contribution in [1.82, 2.24) is 19.7 Å². The highest BCUT2D eigenvalue weighted by atomic mass is 35.5. The largest absolute Gasteiger partial charge is 0.461 e. The summed E-state index contributed by atoms with van der Waals surface area (Å²) in [6, 6.07) is 15.9. The lowest BCUT2D eigenvalue weighted by Gasteiger charge is -2.40. The molecule has 0 aliphatic carbocycles. The molecule has 1 aromatic carbocycles. The number of amides is 5. The third kappa shape index (κ3) is 19.8. The molecule has 4 aromatic rings. The van der Waals surface area contributed by atoms with Crippen LogP contribution in [-0.4, -0.2) is 111 Å². The number of anilines is 2. The number of rotatable bonds is 8. The molecule has 2 atom stereocenters. The third-order valence-electron chi connectivity index (χ3n) is 13.2. The number of pyridine rings is 3. The van der Waals surface area contributed by atoms with Crippen LogP contribution in [0.25, 0.3) is 0 Å². The van der Waals surface area contributed by atoms with E-state index in [1.54, 1.807) is 102 Å². The van der Waals surface area contributed by atoms with Gasteiger partial charge in [0, 0.05) is 85.6 Å². The van der Waals surface area contributed by atoms with Crippen molar-refractivity contribution in [3.05, 3.63) is 111 Å². The summed E-state index contributed by atoms with van der Waals surface area (Å²) < 4.78 is 24.3. The van der Waals surface area contributed by atoms with Gasteiger partial charge in [-0.3, -0.25) is 15.0 Å². The molecule has 7 heterocycles. The predicted molar refractivity (Wildman–Crippen MR) is 300 cm³/mol. The van der Waals surface area contributed by atoms with Gasteiger partial charge in [-0.25, -0.2) is 24.2 Å². The van der Waals surface area contributed by atoms with E-state index in [2.05, 4.69) is 26.1 Å². The Morgan fingerprint density at radius 1 is 0.734 bits per heavy atom. The Kier molecular flexibility index (Phi) is 21.4. The number of hydrogen-bond acceptors (Lipinski definition) is 13. The topological polar surface area (TPSA) is 235 Å². The maximum atomic E-state index is 13.2. The van der Waals surface area contributed by atoms with Crippen molar-refractivity contribution in [2.45, 2.75) is 136 Å². The van der Waals surface area contributed by atoms with E-state index in [0.29, 0.717) is 65.6 Å². The summed E-state index contributed by atoms with van der Waals surface area (Å²) in [6.07, 6.45) is 7.99. The monoisotopic (exact) mass is 1150 g/mol. The Bertz CT molecular complexity index is 2730. The highest BCUT2D eigenvalue weighted by Crippen LogP contribution is 2.41. The molecule has 4 aliphatic heterocycles. The maximum Gasteiger partial charge on any atom is 0.461 e. The second-order valence-electron chi connectivity index (χ2n) is 23.0. The summed E-state index contributed by atoms with van der Waals surface area (Å²) in [5, 5.41) is 15.4. The zero-order valence-corrected chi connectivity index (χ0v) is 48.9. The summed E-state index contributed by atoms with van der Waals surface area (Å²) in [5.41, 5.74) is 12.5. The number of nitrogens with two attached hydrogens (primary N) is 1. The number of cyclic esters (lactones) is 1. The average molecular weight is 1160 g/mol. The molecule has 3 aromatic heterocycles. The molecule has 4 aliphatic rings. The van der Waals surface area contributed by atoms with Gasteiger partial charge in [-0.15, -0.1) is 0 Å². The van der Waals surface area contributed by atoms with Crippen molar-refractivity contribution in [3.63, 3.8) is 0 Å². The van der Waals surface area contributed by atoms with Crippen molar-refractivity contribution in [3.8, 4) is 0 Å². The van der Waals surface area contributed by atoms with Crippen LogP contribution < -0.4 is 31.3 Å². The smallest absolute Gasteiger partial charge is 0.444 e. The number of hydrogen-bond donors (Lipinski definition) is 5. The van der Waals surface area contributed by atoms with Gasteiger partial charge in [0.25, 0.3) is 0 Å². The fourth-order valence-electron chi connectivity index (χ4n) is 9.50. The molecule has 5 amide bonds. The number of ether oxygens (including phenoxy) is 4. The number of benzene rings is 1. The number of likely N-dealkylation sites (tertiary alicyclic amines) is 3. The molecule has 0 saturated carbocycles. The van der Waals surface area contributed by atoms with Crippen molar-refractivity contribution < 1.29 is 57.4 Å². The quantitative estimate of drug-likeness (QED) is 0.0817. The maximum absolute atomic E-state index is 13.2. The van der Waals surface area contributed by atoms with Crippen LogP contribution >= 0.6 is 34.8 Å². The average Bonchev–Trinajstić information content (AvgIpc) is 3.45. The first kappa shape index (κ1) is 62.0. The van der Waals surface area contributed by atoms with Crippen LogP contribution in [0.5, 0.6) is 0 Å². The van der Waals surface area contributed by atoms with E-state index in [1.807, 2.05) is 49.9 Å². The van der Waals surface area contributed by atoms with E-state index in [4.69, 9.17) is 59.5 Å². The van der Waals surface area contributed by atoms with E-state index < -0.39 is 41.2 Å². The third-order valence-corrected chi connectivity index (χ3v) is 13.9. The molecule has 0 radical (unpaired) electrons. The SMILES string of the molecule is CC(C)(C)OC(=O)N[n+]1ccc(Cl)cc1.CC(C)(C)OC(=O)N[n+]1ccc(Cl)cc1C(O)C1CCN(C(=O)OC(C)(C)C)CC1.Nc1cc(CN2CCC(C(=O)N3CCC(C4OC(=O)Nc5ccc(Cl)cc54)CC3)CC2)ccn1. The summed E-state index contributed by atoms with van der Waals surface area (Å²) in [7, 11) is 0. The molecule has 8 rings (SSSR count). The number of aliphatic hydroxyl groups excluding tert-OH is 1. The van der Waals surface area contributed by atoms with Gasteiger partial charge < -0.3 is 39.6 Å². The minimum absolute atomic E-state index is 0.0755. The number of fused-ring (bicyclic) bond motifs is 1. The van der Waals surface area contributed by atoms with Crippen LogP contribution in [0.3, 0.4) is 0 Å². The molecule has 430 valence electrons. The lowest BCUT2D eigenvalue weighted by Crippen LogP contribution is -2.54. The van der Waals surface area contributed by atoms with Crippen LogP contribution in [-0.2, 0) is 30.3 Å². The molecule has 3 fully saturated rings. The number of nitrogens with zero attached hydrogens (tertiary/aromatic N) is 6. The van der Waals surface area contributed by atoms with Crippen molar-refractivity contribution in [2.75, 3.05) is 61.2 Å². The Morgan fingerprint density at radius 3 is 1.90 bits per heavy atom. The Balaban J connectivity index is 0.000000205. The lowest BCUT2D eigenvalue weighted by atomic mass is 9.85. The summed E-state index contributed by atoms with van der Waals surface area (Å²) in [4.78, 5) is 71.1. The van der Waals surface area contributed by atoms with Crippen molar-refractivity contribution in [1.29, 1.82) is 0 Å². The zero-order chi connectivity index (χ0) is 57.8. The molecule has 0 spiro atoms. The number of halogens is 3. The lowest BCUT2D eigenvalue weighted by molar-refractivity contribution is -0.655. The Morgan fingerprint density at radius 2 is 1.30 bits per heavy atom. The fourth-order valence-corrected chi connectivity index (χ4v) is 9.96. The molecular formula is C56H77Cl3N10O10+2. The number of aromatic nitrogens is 3. The summed E-state index contributed by atoms with van der Waals surface area (Å²) in [5.74, 6) is 0.941. The molecule has 0 bridgehead atoms. The standard InChI is InChI=1S/C25H30ClN5O3.C21H32ClN3O5.C10H13ClN2O2/c26-19-1-2-21-20(14-19)23(34-25(33)29-21)17-6-11-31(12-7-17)24(32)18-4-9-30(10-5-18)15-16-3-8-28-22(27)13-16;1-20(2,3)29-18(27)23-25-12-9-15(22)13-16(25)17(26)14-7-10-24(11-8-14)19(28)30-21(4,5)6;1-10(2,3)15-9(14)12-13-6-4-8(11)5-7-13/h1-3,8,13-14,17-18,23H,4-7,9-12,15H2,(H2,27,28)(H,29,33);9,12-14,17,26H,7-8,10-11H2,1-6H3;4-7H,1-3H3/p+2. The van der Waals surface area contributed by atoms with Crippen LogP contribution in [0.15, 0.2) is 79.4 Å². The highest BCUT2D eigenvalue weighted by molar-refractivity contribution is 6.31. The van der Waals surface area contributed by atoms with Gasteiger partial charge in [-0.05, 0) is 156 Å². The Labute approximate surface area is 478 Å².